The molecule has 1 aliphatic rings. The molecule has 0 radical (unpaired) electrons. The van der Waals surface area contributed by atoms with Crippen molar-refractivity contribution in [3.63, 3.8) is 0 Å². The molecule has 0 saturated heterocycles. The van der Waals surface area contributed by atoms with Crippen molar-refractivity contribution in [1.82, 2.24) is 4.90 Å². The van der Waals surface area contributed by atoms with Gasteiger partial charge in [-0.1, -0.05) is 37.0 Å². The number of guanidine groups is 1. The number of hydrogen-bond acceptors (Lipinski definition) is 3. The molecule has 0 aromatic heterocycles. The molecule has 1 heterocycles. The van der Waals surface area contributed by atoms with Gasteiger partial charge >= 0.3 is 0 Å². The Morgan fingerprint density at radius 2 is 1.94 bits per heavy atom. The van der Waals surface area contributed by atoms with Crippen LogP contribution in [-0.4, -0.2) is 23.9 Å². The monoisotopic (exact) mass is 285 g/mol. The van der Waals surface area contributed by atoms with Gasteiger partial charge < -0.3 is 10.6 Å². The molecule has 5 heteroatoms. The summed E-state index contributed by atoms with van der Waals surface area (Å²) in [6.45, 7) is 5.86. The second-order valence-electron chi connectivity index (χ2n) is 4.96. The summed E-state index contributed by atoms with van der Waals surface area (Å²) in [6.07, 6.45) is 0. The molecule has 1 atom stereocenters. The molecule has 0 fully saturated rings. The highest BCUT2D eigenvalue weighted by Crippen LogP contribution is 2.30. The Labute approximate surface area is 118 Å². The van der Waals surface area contributed by atoms with E-state index < -0.39 is 0 Å². The smallest absolute Gasteiger partial charge is 0.191 e. The van der Waals surface area contributed by atoms with Gasteiger partial charge in [-0.2, -0.15) is 0 Å². The van der Waals surface area contributed by atoms with Crippen LogP contribution in [0.15, 0.2) is 23.2 Å². The van der Waals surface area contributed by atoms with Crippen molar-refractivity contribution in [3.05, 3.63) is 33.8 Å². The molecule has 98 valence electrons. The van der Waals surface area contributed by atoms with Crippen LogP contribution in [0, 0.1) is 5.92 Å². The molecular weight excluding hydrogens is 269 g/mol. The zero-order chi connectivity index (χ0) is 13.3. The normalized spacial score (nSPS) is 19.5. The molecule has 0 saturated carbocycles. The van der Waals surface area contributed by atoms with E-state index in [9.17, 15) is 0 Å². The Morgan fingerprint density at radius 1 is 1.33 bits per heavy atom. The van der Waals surface area contributed by atoms with Crippen molar-refractivity contribution in [1.29, 1.82) is 0 Å². The van der Waals surface area contributed by atoms with Gasteiger partial charge in [0.25, 0.3) is 0 Å². The highest BCUT2D eigenvalue weighted by Gasteiger charge is 2.28. The zero-order valence-electron chi connectivity index (χ0n) is 10.5. The summed E-state index contributed by atoms with van der Waals surface area (Å²) in [5.74, 6) is 1.12. The highest BCUT2D eigenvalue weighted by atomic mass is 35.5. The lowest BCUT2D eigenvalue weighted by Gasteiger charge is -2.28. The predicted molar refractivity (Wildman–Crippen MR) is 77.2 cm³/mol. The van der Waals surface area contributed by atoms with Gasteiger partial charge in [-0.05, 0) is 29.7 Å². The first-order chi connectivity index (χ1) is 8.47. The molecule has 0 aliphatic carbocycles. The van der Waals surface area contributed by atoms with Crippen molar-refractivity contribution < 1.29 is 0 Å². The average molecular weight is 286 g/mol. The third-order valence-electron chi connectivity index (χ3n) is 2.93. The van der Waals surface area contributed by atoms with Crippen molar-refractivity contribution in [2.45, 2.75) is 19.9 Å². The van der Waals surface area contributed by atoms with E-state index in [1.165, 1.54) is 0 Å². The summed E-state index contributed by atoms with van der Waals surface area (Å²) in [4.78, 5) is 6.44. The van der Waals surface area contributed by atoms with Gasteiger partial charge in [0, 0.05) is 16.6 Å². The van der Waals surface area contributed by atoms with Crippen molar-refractivity contribution >= 4 is 29.2 Å². The van der Waals surface area contributed by atoms with E-state index in [4.69, 9.17) is 28.9 Å². The molecule has 1 aromatic carbocycles. The van der Waals surface area contributed by atoms with Gasteiger partial charge in [-0.15, -0.1) is 0 Å². The Kier molecular flexibility index (Phi) is 4.03. The lowest BCUT2D eigenvalue weighted by Crippen LogP contribution is -2.38. The Morgan fingerprint density at radius 3 is 2.50 bits per heavy atom. The van der Waals surface area contributed by atoms with Gasteiger partial charge in [0.1, 0.15) is 0 Å². The van der Waals surface area contributed by atoms with Crippen LogP contribution in [0.1, 0.15) is 25.5 Å². The lowest BCUT2D eigenvalue weighted by atomic mass is 10.1. The minimum absolute atomic E-state index is 0.142. The molecule has 0 amide bonds. The van der Waals surface area contributed by atoms with Crippen LogP contribution in [0.3, 0.4) is 0 Å². The molecule has 1 aliphatic heterocycles. The van der Waals surface area contributed by atoms with E-state index in [-0.39, 0.29) is 6.04 Å². The molecule has 18 heavy (non-hydrogen) atoms. The molecule has 2 N–H and O–H groups in total. The molecular formula is C13H17Cl2N3. The minimum Gasteiger partial charge on any atom is -0.370 e. The fraction of sp³-hybridized carbons (Fsp3) is 0.462. The SMILES string of the molecule is CC(C)CN1C(N)=NCC1c1cc(Cl)cc(Cl)c1. The van der Waals surface area contributed by atoms with Crippen LogP contribution in [0.25, 0.3) is 0 Å². The number of aliphatic imine (C=N–C) groups is 1. The number of hydrogen-bond donors (Lipinski definition) is 1. The predicted octanol–water partition coefficient (Wildman–Crippen LogP) is 3.32. The van der Waals surface area contributed by atoms with Gasteiger partial charge in [0.05, 0.1) is 12.6 Å². The summed E-state index contributed by atoms with van der Waals surface area (Å²) in [6, 6.07) is 5.74. The van der Waals surface area contributed by atoms with E-state index in [1.54, 1.807) is 6.07 Å². The Hall–Kier alpha value is -0.930. The minimum atomic E-state index is 0.142. The first-order valence-electron chi connectivity index (χ1n) is 6.00. The number of halogens is 2. The first-order valence-corrected chi connectivity index (χ1v) is 6.75. The molecule has 2 rings (SSSR count). The number of nitrogens with zero attached hydrogens (tertiary/aromatic N) is 2. The summed E-state index contributed by atoms with van der Waals surface area (Å²) in [7, 11) is 0. The third kappa shape index (κ3) is 2.90. The van der Waals surface area contributed by atoms with E-state index in [2.05, 4.69) is 23.7 Å². The molecule has 3 nitrogen and oxygen atoms in total. The highest BCUT2D eigenvalue weighted by molar-refractivity contribution is 6.34. The average Bonchev–Trinajstić information content (AvgIpc) is 2.58. The maximum Gasteiger partial charge on any atom is 0.191 e. The van der Waals surface area contributed by atoms with Crippen molar-refractivity contribution in [2.24, 2.45) is 16.6 Å². The van der Waals surface area contributed by atoms with E-state index >= 15 is 0 Å². The second kappa shape index (κ2) is 5.37. The maximum atomic E-state index is 6.05. The largest absolute Gasteiger partial charge is 0.370 e. The van der Waals surface area contributed by atoms with E-state index in [0.29, 0.717) is 28.5 Å². The van der Waals surface area contributed by atoms with Gasteiger partial charge in [-0.25, -0.2) is 0 Å². The molecule has 1 aromatic rings. The third-order valence-corrected chi connectivity index (χ3v) is 3.36. The van der Waals surface area contributed by atoms with Crippen molar-refractivity contribution in [3.8, 4) is 0 Å². The second-order valence-corrected chi connectivity index (χ2v) is 5.84. The van der Waals surface area contributed by atoms with Crippen LogP contribution in [-0.2, 0) is 0 Å². The number of rotatable bonds is 3. The molecule has 0 spiro atoms. The number of nitrogens with two attached hydrogens (primary N) is 1. The van der Waals surface area contributed by atoms with Crippen LogP contribution in [0.5, 0.6) is 0 Å². The first kappa shape index (κ1) is 13.5. The Balaban J connectivity index is 2.27. The van der Waals surface area contributed by atoms with Gasteiger partial charge in [0.15, 0.2) is 5.96 Å². The van der Waals surface area contributed by atoms with Gasteiger partial charge in [0.2, 0.25) is 0 Å². The quantitative estimate of drug-likeness (QED) is 0.926. The van der Waals surface area contributed by atoms with Gasteiger partial charge in [-0.3, -0.25) is 4.99 Å². The molecule has 1 unspecified atom stereocenters. The zero-order valence-corrected chi connectivity index (χ0v) is 12.0. The summed E-state index contributed by atoms with van der Waals surface area (Å²) in [5.41, 5.74) is 7.01. The standard InChI is InChI=1S/C13H17Cl2N3/c1-8(2)7-18-12(6-17-13(18)16)9-3-10(14)5-11(15)4-9/h3-5,8,12H,6-7H2,1-2H3,(H2,16,17). The summed E-state index contributed by atoms with van der Waals surface area (Å²) >= 11 is 12.1. The molecule has 0 bridgehead atoms. The lowest BCUT2D eigenvalue weighted by molar-refractivity contribution is 0.309. The van der Waals surface area contributed by atoms with Crippen LogP contribution in [0.4, 0.5) is 0 Å². The topological polar surface area (TPSA) is 41.6 Å². The van der Waals surface area contributed by atoms with Crippen LogP contribution >= 0.6 is 23.2 Å². The van der Waals surface area contributed by atoms with E-state index in [1.807, 2.05) is 12.1 Å². The van der Waals surface area contributed by atoms with Crippen LogP contribution < -0.4 is 5.73 Å². The Bertz CT molecular complexity index is 451. The summed E-state index contributed by atoms with van der Waals surface area (Å²) < 4.78 is 0. The summed E-state index contributed by atoms with van der Waals surface area (Å²) in [5, 5.41) is 1.29. The maximum absolute atomic E-state index is 6.05. The fourth-order valence-corrected chi connectivity index (χ4v) is 2.74. The van der Waals surface area contributed by atoms with Crippen molar-refractivity contribution in [2.75, 3.05) is 13.1 Å². The fourth-order valence-electron chi connectivity index (χ4n) is 2.20. The number of benzene rings is 1. The van der Waals surface area contributed by atoms with Crippen LogP contribution in [0.2, 0.25) is 10.0 Å². The van der Waals surface area contributed by atoms with E-state index in [0.717, 1.165) is 12.1 Å².